The fraction of sp³-hybridized carbons (Fsp3) is 0.667. The standard InChI is InChI=1S/C18H31N/c1-4-6-7-8-9-10-14-18(19-5-2)17-13-11-12-16(3)15-17/h11-13,15,18-19H,4-10,14H2,1-3H3. The number of unbranched alkanes of at least 4 members (excludes halogenated alkanes) is 5. The van der Waals surface area contributed by atoms with Gasteiger partial charge < -0.3 is 5.32 Å². The highest BCUT2D eigenvalue weighted by Crippen LogP contribution is 2.21. The van der Waals surface area contributed by atoms with Gasteiger partial charge in [0.25, 0.3) is 0 Å². The fourth-order valence-corrected chi connectivity index (χ4v) is 2.65. The van der Waals surface area contributed by atoms with E-state index in [4.69, 9.17) is 0 Å². The molecule has 19 heavy (non-hydrogen) atoms. The maximum Gasteiger partial charge on any atom is 0.0320 e. The molecule has 108 valence electrons. The Balaban J connectivity index is 2.36. The van der Waals surface area contributed by atoms with Crippen molar-refractivity contribution in [2.45, 2.75) is 71.8 Å². The third-order valence-electron chi connectivity index (χ3n) is 3.74. The van der Waals surface area contributed by atoms with Crippen LogP contribution in [0, 0.1) is 6.92 Å². The van der Waals surface area contributed by atoms with Crippen molar-refractivity contribution in [3.05, 3.63) is 35.4 Å². The number of rotatable bonds is 10. The molecular weight excluding hydrogens is 230 g/mol. The number of aryl methyl sites for hydroxylation is 1. The van der Waals surface area contributed by atoms with E-state index in [1.54, 1.807) is 0 Å². The van der Waals surface area contributed by atoms with E-state index in [-0.39, 0.29) is 0 Å². The van der Waals surface area contributed by atoms with Crippen molar-refractivity contribution in [3.8, 4) is 0 Å². The molecule has 0 aliphatic rings. The number of nitrogens with one attached hydrogen (secondary N) is 1. The first-order chi connectivity index (χ1) is 9.27. The third-order valence-corrected chi connectivity index (χ3v) is 3.74. The summed E-state index contributed by atoms with van der Waals surface area (Å²) in [5.41, 5.74) is 2.82. The van der Waals surface area contributed by atoms with Crippen molar-refractivity contribution in [2.24, 2.45) is 0 Å². The Morgan fingerprint density at radius 3 is 2.42 bits per heavy atom. The molecule has 0 heterocycles. The molecule has 0 aliphatic heterocycles. The van der Waals surface area contributed by atoms with E-state index in [1.165, 1.54) is 56.1 Å². The van der Waals surface area contributed by atoms with Crippen LogP contribution in [0.4, 0.5) is 0 Å². The van der Waals surface area contributed by atoms with Gasteiger partial charge in [0.15, 0.2) is 0 Å². The van der Waals surface area contributed by atoms with Crippen molar-refractivity contribution in [1.29, 1.82) is 0 Å². The van der Waals surface area contributed by atoms with Gasteiger partial charge in [0, 0.05) is 6.04 Å². The van der Waals surface area contributed by atoms with E-state index in [0.29, 0.717) is 6.04 Å². The van der Waals surface area contributed by atoms with Gasteiger partial charge in [-0.15, -0.1) is 0 Å². The van der Waals surface area contributed by atoms with Gasteiger partial charge in [0.2, 0.25) is 0 Å². The molecule has 1 unspecified atom stereocenters. The summed E-state index contributed by atoms with van der Waals surface area (Å²) in [6.07, 6.45) is 9.54. The first kappa shape index (κ1) is 16.2. The van der Waals surface area contributed by atoms with E-state index in [2.05, 4.69) is 50.4 Å². The summed E-state index contributed by atoms with van der Waals surface area (Å²) in [5.74, 6) is 0. The predicted octanol–water partition coefficient (Wildman–Crippen LogP) is 5.40. The van der Waals surface area contributed by atoms with Gasteiger partial charge in [-0.05, 0) is 25.5 Å². The maximum atomic E-state index is 3.63. The molecule has 1 nitrogen and oxygen atoms in total. The smallest absolute Gasteiger partial charge is 0.0320 e. The van der Waals surface area contributed by atoms with Gasteiger partial charge in [-0.1, -0.05) is 82.2 Å². The first-order valence-electron chi connectivity index (χ1n) is 8.07. The number of hydrogen-bond donors (Lipinski definition) is 1. The van der Waals surface area contributed by atoms with E-state index < -0.39 is 0 Å². The molecule has 0 spiro atoms. The lowest BCUT2D eigenvalue weighted by atomic mass is 9.98. The highest BCUT2D eigenvalue weighted by atomic mass is 14.9. The van der Waals surface area contributed by atoms with E-state index >= 15 is 0 Å². The summed E-state index contributed by atoms with van der Waals surface area (Å²) >= 11 is 0. The maximum absolute atomic E-state index is 3.63. The molecule has 0 aliphatic carbocycles. The second-order valence-corrected chi connectivity index (χ2v) is 5.58. The lowest BCUT2D eigenvalue weighted by molar-refractivity contribution is 0.477. The molecule has 1 rings (SSSR count). The Morgan fingerprint density at radius 1 is 1.00 bits per heavy atom. The monoisotopic (exact) mass is 261 g/mol. The van der Waals surface area contributed by atoms with Crippen LogP contribution in [-0.2, 0) is 0 Å². The molecule has 0 saturated heterocycles. The zero-order valence-electron chi connectivity index (χ0n) is 13.0. The van der Waals surface area contributed by atoms with Crippen molar-refractivity contribution < 1.29 is 0 Å². The Hall–Kier alpha value is -0.820. The van der Waals surface area contributed by atoms with Crippen molar-refractivity contribution in [2.75, 3.05) is 6.54 Å². The molecular formula is C18H31N. The Labute approximate surface area is 119 Å². The second kappa shape index (κ2) is 10.0. The minimum Gasteiger partial charge on any atom is -0.310 e. The fourth-order valence-electron chi connectivity index (χ4n) is 2.65. The van der Waals surface area contributed by atoms with Crippen molar-refractivity contribution in [1.82, 2.24) is 5.32 Å². The summed E-state index contributed by atoms with van der Waals surface area (Å²) in [6.45, 7) is 7.70. The van der Waals surface area contributed by atoms with Crippen LogP contribution in [0.3, 0.4) is 0 Å². The third kappa shape index (κ3) is 6.77. The molecule has 1 N–H and O–H groups in total. The van der Waals surface area contributed by atoms with Crippen LogP contribution in [0.1, 0.15) is 76.0 Å². The summed E-state index contributed by atoms with van der Waals surface area (Å²) < 4.78 is 0. The van der Waals surface area contributed by atoms with Crippen LogP contribution in [0.5, 0.6) is 0 Å². The van der Waals surface area contributed by atoms with Crippen LogP contribution in [-0.4, -0.2) is 6.54 Å². The summed E-state index contributed by atoms with van der Waals surface area (Å²) in [7, 11) is 0. The van der Waals surface area contributed by atoms with E-state index in [1.807, 2.05) is 0 Å². The molecule has 1 atom stereocenters. The van der Waals surface area contributed by atoms with Crippen molar-refractivity contribution in [3.63, 3.8) is 0 Å². The first-order valence-corrected chi connectivity index (χ1v) is 8.07. The molecule has 1 heteroatoms. The van der Waals surface area contributed by atoms with Gasteiger partial charge in [0.05, 0.1) is 0 Å². The van der Waals surface area contributed by atoms with E-state index in [9.17, 15) is 0 Å². The molecule has 0 radical (unpaired) electrons. The van der Waals surface area contributed by atoms with Gasteiger partial charge in [-0.25, -0.2) is 0 Å². The molecule has 0 fully saturated rings. The van der Waals surface area contributed by atoms with Gasteiger partial charge in [-0.3, -0.25) is 0 Å². The minimum atomic E-state index is 0.538. The summed E-state index contributed by atoms with van der Waals surface area (Å²) in [6, 6.07) is 9.48. The molecule has 0 saturated carbocycles. The SMILES string of the molecule is CCCCCCCCC(NCC)c1cccc(C)c1. The van der Waals surface area contributed by atoms with Crippen LogP contribution in [0.2, 0.25) is 0 Å². The second-order valence-electron chi connectivity index (χ2n) is 5.58. The predicted molar refractivity (Wildman–Crippen MR) is 85.6 cm³/mol. The Morgan fingerprint density at radius 2 is 1.74 bits per heavy atom. The highest BCUT2D eigenvalue weighted by molar-refractivity contribution is 5.25. The topological polar surface area (TPSA) is 12.0 Å². The van der Waals surface area contributed by atoms with E-state index in [0.717, 1.165) is 6.54 Å². The van der Waals surface area contributed by atoms with Crippen LogP contribution in [0.15, 0.2) is 24.3 Å². The molecule has 0 bridgehead atoms. The number of benzene rings is 1. The highest BCUT2D eigenvalue weighted by Gasteiger charge is 2.09. The summed E-state index contributed by atoms with van der Waals surface area (Å²) in [4.78, 5) is 0. The quantitative estimate of drug-likeness (QED) is 0.556. The molecule has 0 aromatic heterocycles. The van der Waals surface area contributed by atoms with Gasteiger partial charge in [-0.2, -0.15) is 0 Å². The minimum absolute atomic E-state index is 0.538. The van der Waals surface area contributed by atoms with Crippen LogP contribution in [0.25, 0.3) is 0 Å². The molecule has 0 amide bonds. The number of hydrogen-bond acceptors (Lipinski definition) is 1. The average Bonchev–Trinajstić information content (AvgIpc) is 2.41. The normalized spacial score (nSPS) is 12.6. The average molecular weight is 261 g/mol. The lowest BCUT2D eigenvalue weighted by Gasteiger charge is -2.19. The lowest BCUT2D eigenvalue weighted by Crippen LogP contribution is -2.20. The zero-order valence-corrected chi connectivity index (χ0v) is 13.0. The van der Waals surface area contributed by atoms with Crippen LogP contribution >= 0.6 is 0 Å². The van der Waals surface area contributed by atoms with Crippen molar-refractivity contribution >= 4 is 0 Å². The van der Waals surface area contributed by atoms with Gasteiger partial charge >= 0.3 is 0 Å². The van der Waals surface area contributed by atoms with Crippen LogP contribution < -0.4 is 5.32 Å². The summed E-state index contributed by atoms with van der Waals surface area (Å²) in [5, 5.41) is 3.63. The van der Waals surface area contributed by atoms with Gasteiger partial charge in [0.1, 0.15) is 0 Å². The zero-order chi connectivity index (χ0) is 13.9. The molecule has 1 aromatic rings. The Kier molecular flexibility index (Phi) is 8.57. The Bertz CT molecular complexity index is 332. The molecule has 1 aromatic carbocycles. The largest absolute Gasteiger partial charge is 0.310 e.